The molecule has 5 aromatic carbocycles. The largest absolute Gasteiger partial charge is 0.305 e. The molecule has 4 heteroatoms. The van der Waals surface area contributed by atoms with Gasteiger partial charge in [0.25, 0.3) is 0 Å². The van der Waals surface area contributed by atoms with Gasteiger partial charge in [0.1, 0.15) is 0 Å². The van der Waals surface area contributed by atoms with E-state index >= 15 is 0 Å². The van der Waals surface area contributed by atoms with E-state index in [1.165, 1.54) is 70.2 Å². The Kier molecular flexibility index (Phi) is 9.13. The summed E-state index contributed by atoms with van der Waals surface area (Å²) in [6.45, 7) is 11.0. The van der Waals surface area contributed by atoms with Gasteiger partial charge in [-0.2, -0.15) is 0 Å². The van der Waals surface area contributed by atoms with Gasteiger partial charge in [-0.05, 0) is 76.8 Å². The summed E-state index contributed by atoms with van der Waals surface area (Å²) in [6, 6.07) is 47.5. The molecule has 0 atom stereocenters. The number of benzene rings is 5. The second-order valence-electron chi connectivity index (χ2n) is 13.5. The zero-order valence-electron chi connectivity index (χ0n) is 28.8. The molecule has 0 bridgehead atoms. The summed E-state index contributed by atoms with van der Waals surface area (Å²) in [7, 11) is 0. The van der Waals surface area contributed by atoms with E-state index in [9.17, 15) is 0 Å². The summed E-state index contributed by atoms with van der Waals surface area (Å²) in [5, 5.41) is 2.68. The number of rotatable bonds is 3. The summed E-state index contributed by atoms with van der Waals surface area (Å²) in [6.07, 6.45) is 3.86. The fourth-order valence-electron chi connectivity index (χ4n) is 7.02. The van der Waals surface area contributed by atoms with Crippen LogP contribution in [0.3, 0.4) is 0 Å². The SMILES string of the molecule is CC1(C)c2ccccc2-c2c1cc1c(sc3ccccc31)c2-c1ccnc(-c2[c-]cccc2)c1.Cc1c[c-]c(-c2cc(C)c(C)cn2)cc1.[Ir]. The predicted molar refractivity (Wildman–Crippen MR) is 207 cm³/mol. The Labute approximate surface area is 312 Å². The van der Waals surface area contributed by atoms with Crippen LogP contribution in [0.15, 0.2) is 128 Å². The molecule has 0 saturated carbocycles. The van der Waals surface area contributed by atoms with Gasteiger partial charge in [-0.1, -0.05) is 80.9 Å². The molecule has 2 nitrogen and oxygen atoms in total. The molecule has 0 unspecified atom stereocenters. The van der Waals surface area contributed by atoms with Crippen LogP contribution in [0, 0.1) is 32.9 Å². The Hall–Kier alpha value is -4.73. The number of nitrogens with zero attached hydrogens (tertiary/aromatic N) is 2. The van der Waals surface area contributed by atoms with Crippen LogP contribution in [-0.2, 0) is 25.5 Å². The van der Waals surface area contributed by atoms with E-state index in [0.717, 1.165) is 22.5 Å². The third-order valence-electron chi connectivity index (χ3n) is 9.86. The maximum Gasteiger partial charge on any atom is 0.0440 e. The first-order valence-corrected chi connectivity index (χ1v) is 17.6. The Morgan fingerprint density at radius 1 is 0.640 bits per heavy atom. The number of aromatic nitrogens is 2. The molecule has 1 aliphatic rings. The fraction of sp³-hybridized carbons (Fsp3) is 0.130. The van der Waals surface area contributed by atoms with Crippen molar-refractivity contribution in [2.45, 2.75) is 40.0 Å². The minimum Gasteiger partial charge on any atom is -0.305 e. The molecule has 1 radical (unpaired) electrons. The van der Waals surface area contributed by atoms with Gasteiger partial charge in [-0.15, -0.1) is 82.6 Å². The van der Waals surface area contributed by atoms with Crippen molar-refractivity contribution in [3.05, 3.63) is 168 Å². The molecule has 0 fully saturated rings. The van der Waals surface area contributed by atoms with Crippen LogP contribution in [0.1, 0.15) is 41.7 Å². The van der Waals surface area contributed by atoms with E-state index in [2.05, 4.69) is 143 Å². The van der Waals surface area contributed by atoms with Crippen molar-refractivity contribution in [2.24, 2.45) is 0 Å². The molecule has 0 N–H and O–H groups in total. The second kappa shape index (κ2) is 13.5. The Bertz CT molecular complexity index is 2490. The van der Waals surface area contributed by atoms with E-state index in [-0.39, 0.29) is 25.5 Å². The standard InChI is InChI=1S/C32H22NS.C14H14N.Ir/c1-32(2)25-14-8-6-13-23(25)30-26(32)19-24-22-12-7-9-15-28(22)34-31(24)29(30)21-16-17-33-27(18-21)20-10-4-3-5-11-20;1-10-4-6-13(7-5-10)14-8-11(2)12(3)9-15-14;/h3-10,12-19H,1-2H3;4-6,8-9H,1-3H3;/q2*-1;. The van der Waals surface area contributed by atoms with Crippen LogP contribution in [0.25, 0.3) is 64.9 Å². The monoisotopic (exact) mass is 841 g/mol. The second-order valence-corrected chi connectivity index (χ2v) is 14.5. The summed E-state index contributed by atoms with van der Waals surface area (Å²) in [4.78, 5) is 9.10. The third-order valence-corrected chi connectivity index (χ3v) is 11.1. The first kappa shape index (κ1) is 33.8. The normalized spacial score (nSPS) is 12.5. The summed E-state index contributed by atoms with van der Waals surface area (Å²) >= 11 is 1.90. The summed E-state index contributed by atoms with van der Waals surface area (Å²) in [5.74, 6) is 0. The summed E-state index contributed by atoms with van der Waals surface area (Å²) in [5.41, 5.74) is 15.8. The van der Waals surface area contributed by atoms with Gasteiger partial charge in [0.15, 0.2) is 0 Å². The minimum atomic E-state index is -0.0546. The Morgan fingerprint density at radius 3 is 2.18 bits per heavy atom. The predicted octanol–water partition coefficient (Wildman–Crippen LogP) is 12.4. The van der Waals surface area contributed by atoms with Crippen molar-refractivity contribution in [3.8, 4) is 44.8 Å². The maximum atomic E-state index is 4.70. The van der Waals surface area contributed by atoms with Crippen molar-refractivity contribution in [2.75, 3.05) is 0 Å². The van der Waals surface area contributed by atoms with Gasteiger partial charge in [0.2, 0.25) is 0 Å². The Balaban J connectivity index is 0.000000207. The van der Waals surface area contributed by atoms with E-state index in [1.54, 1.807) is 0 Å². The molecule has 3 aromatic heterocycles. The topological polar surface area (TPSA) is 25.8 Å². The van der Waals surface area contributed by atoms with Crippen molar-refractivity contribution in [1.29, 1.82) is 0 Å². The van der Waals surface area contributed by atoms with Crippen LogP contribution in [-0.4, -0.2) is 9.97 Å². The first-order chi connectivity index (χ1) is 23.8. The summed E-state index contributed by atoms with van der Waals surface area (Å²) < 4.78 is 2.68. The number of hydrogen-bond acceptors (Lipinski definition) is 3. The molecule has 1 aliphatic carbocycles. The third kappa shape index (κ3) is 5.92. The van der Waals surface area contributed by atoms with Crippen molar-refractivity contribution in [1.82, 2.24) is 9.97 Å². The molecule has 0 amide bonds. The van der Waals surface area contributed by atoms with Gasteiger partial charge in [-0.25, -0.2) is 0 Å². The molecule has 247 valence electrons. The number of thiophene rings is 1. The number of aryl methyl sites for hydroxylation is 3. The minimum absolute atomic E-state index is 0. The zero-order chi connectivity index (χ0) is 33.7. The van der Waals surface area contributed by atoms with E-state index in [1.807, 2.05) is 48.0 Å². The average molecular weight is 841 g/mol. The molecular weight excluding hydrogens is 805 g/mol. The quantitative estimate of drug-likeness (QED) is 0.166. The van der Waals surface area contributed by atoms with Crippen LogP contribution in [0.5, 0.6) is 0 Å². The molecular formula is C46H36IrN2S-2. The van der Waals surface area contributed by atoms with Crippen molar-refractivity contribution in [3.63, 3.8) is 0 Å². The smallest absolute Gasteiger partial charge is 0.0440 e. The van der Waals surface area contributed by atoms with Gasteiger partial charge >= 0.3 is 0 Å². The van der Waals surface area contributed by atoms with Gasteiger partial charge < -0.3 is 9.97 Å². The molecule has 0 aliphatic heterocycles. The van der Waals surface area contributed by atoms with Crippen LogP contribution in [0.2, 0.25) is 0 Å². The molecule has 50 heavy (non-hydrogen) atoms. The van der Waals surface area contributed by atoms with Crippen molar-refractivity contribution >= 4 is 31.5 Å². The van der Waals surface area contributed by atoms with Crippen molar-refractivity contribution < 1.29 is 20.1 Å². The van der Waals surface area contributed by atoms with Gasteiger partial charge in [-0.3, -0.25) is 0 Å². The number of fused-ring (bicyclic) bond motifs is 6. The average Bonchev–Trinajstić information content (AvgIpc) is 3.61. The molecule has 8 aromatic rings. The first-order valence-electron chi connectivity index (χ1n) is 16.7. The Morgan fingerprint density at radius 2 is 1.40 bits per heavy atom. The fourth-order valence-corrected chi connectivity index (χ4v) is 8.27. The molecule has 3 heterocycles. The number of pyridine rings is 2. The van der Waals surface area contributed by atoms with Crippen LogP contribution in [0.4, 0.5) is 0 Å². The van der Waals surface area contributed by atoms with Crippen LogP contribution < -0.4 is 0 Å². The van der Waals surface area contributed by atoms with E-state index in [0.29, 0.717) is 0 Å². The molecule has 9 rings (SSSR count). The van der Waals surface area contributed by atoms with Crippen LogP contribution >= 0.6 is 11.3 Å². The molecule has 0 saturated heterocycles. The maximum absolute atomic E-state index is 4.70. The van der Waals surface area contributed by atoms with E-state index < -0.39 is 0 Å². The van der Waals surface area contributed by atoms with Gasteiger partial charge in [0.05, 0.1) is 0 Å². The van der Waals surface area contributed by atoms with Gasteiger partial charge in [0, 0.05) is 63.6 Å². The number of hydrogen-bond donors (Lipinski definition) is 0. The zero-order valence-corrected chi connectivity index (χ0v) is 32.0. The molecule has 0 spiro atoms. The van der Waals surface area contributed by atoms with E-state index in [4.69, 9.17) is 4.98 Å².